The third kappa shape index (κ3) is 6.12. The second kappa shape index (κ2) is 11.7. The lowest BCUT2D eigenvalue weighted by molar-refractivity contribution is -0.146. The number of ether oxygens (including phenoxy) is 1. The van der Waals surface area contributed by atoms with Crippen LogP contribution in [0.5, 0.6) is 0 Å². The Kier molecular flexibility index (Phi) is 8.15. The summed E-state index contributed by atoms with van der Waals surface area (Å²) < 4.78 is 34.1. The molecule has 3 aromatic heterocycles. The maximum Gasteiger partial charge on any atom is 0.408 e. The molecule has 14 nitrogen and oxygen atoms in total. The fraction of sp³-hybridized carbons (Fsp3) is 0.379. The van der Waals surface area contributed by atoms with Crippen LogP contribution in [0.25, 0.3) is 22.3 Å². The number of hydrogen-bond donors (Lipinski definition) is 1. The molecule has 15 heteroatoms. The van der Waals surface area contributed by atoms with E-state index in [1.165, 1.54) is 21.6 Å². The molecule has 0 bridgehead atoms. The van der Waals surface area contributed by atoms with Gasteiger partial charge in [-0.2, -0.15) is 19.4 Å². The minimum Gasteiger partial charge on any atom is -0.444 e. The van der Waals surface area contributed by atoms with Crippen LogP contribution in [0, 0.1) is 11.3 Å². The third-order valence-electron chi connectivity index (χ3n) is 7.12. The number of rotatable bonds is 9. The highest BCUT2D eigenvalue weighted by Crippen LogP contribution is 2.36. The van der Waals surface area contributed by atoms with Crippen molar-refractivity contribution < 1.29 is 27.6 Å². The standard InChI is InChI=1S/C29H32N8O6S/c1-5-44(40,41)35-17-29(18-35,12-13-30)37-16-21(15-33-37)23-22-11-14-36(25(22)32-19-31-23)43-26(38)24(20-9-7-6-8-10-20)34-27(39)42-28(2,3)4/h6-11,14-16,19,24H,5,12,17-18H2,1-4H3,(H,34,39). The first-order valence-corrected chi connectivity index (χ1v) is 15.5. The predicted octanol–water partition coefficient (Wildman–Crippen LogP) is 2.79. The highest BCUT2D eigenvalue weighted by atomic mass is 32.2. The van der Waals surface area contributed by atoms with Gasteiger partial charge >= 0.3 is 12.1 Å². The Morgan fingerprint density at radius 3 is 2.55 bits per heavy atom. The molecule has 0 radical (unpaired) electrons. The summed E-state index contributed by atoms with van der Waals surface area (Å²) >= 11 is 0. The van der Waals surface area contributed by atoms with Crippen molar-refractivity contribution in [2.75, 3.05) is 18.8 Å². The fourth-order valence-electron chi connectivity index (χ4n) is 4.91. The second-order valence-corrected chi connectivity index (χ2v) is 13.7. The van der Waals surface area contributed by atoms with E-state index in [0.717, 1.165) is 0 Å². The molecular weight excluding hydrogens is 588 g/mol. The fourth-order valence-corrected chi connectivity index (χ4v) is 6.15. The van der Waals surface area contributed by atoms with Crippen LogP contribution >= 0.6 is 0 Å². The summed E-state index contributed by atoms with van der Waals surface area (Å²) in [5.74, 6) is -0.800. The molecule has 4 aromatic rings. The van der Waals surface area contributed by atoms with Crippen LogP contribution in [-0.2, 0) is 25.1 Å². The van der Waals surface area contributed by atoms with Crippen molar-refractivity contribution in [1.29, 1.82) is 5.26 Å². The number of carbonyl (C=O) groups excluding carboxylic acids is 2. The highest BCUT2D eigenvalue weighted by Gasteiger charge is 2.49. The van der Waals surface area contributed by atoms with E-state index in [0.29, 0.717) is 22.2 Å². The summed E-state index contributed by atoms with van der Waals surface area (Å²) in [6, 6.07) is 11.3. The monoisotopic (exact) mass is 620 g/mol. The zero-order valence-electron chi connectivity index (χ0n) is 24.7. The van der Waals surface area contributed by atoms with Crippen molar-refractivity contribution in [3.63, 3.8) is 0 Å². The molecule has 0 aliphatic carbocycles. The topological polar surface area (TPSA) is 174 Å². The van der Waals surface area contributed by atoms with Gasteiger partial charge in [0.2, 0.25) is 10.0 Å². The van der Waals surface area contributed by atoms with Gasteiger partial charge in [0, 0.05) is 36.4 Å². The number of nitrogens with one attached hydrogen (secondary N) is 1. The Morgan fingerprint density at radius 2 is 1.89 bits per heavy atom. The van der Waals surface area contributed by atoms with E-state index >= 15 is 0 Å². The number of aromatic nitrogens is 5. The maximum atomic E-state index is 13.4. The smallest absolute Gasteiger partial charge is 0.408 e. The third-order valence-corrected chi connectivity index (χ3v) is 8.89. The number of hydrogen-bond acceptors (Lipinski definition) is 10. The van der Waals surface area contributed by atoms with Gasteiger partial charge in [0.15, 0.2) is 11.7 Å². The Morgan fingerprint density at radius 1 is 1.16 bits per heavy atom. The number of alkyl carbamates (subject to hydrolysis) is 1. The maximum absolute atomic E-state index is 13.4. The molecule has 1 saturated heterocycles. The van der Waals surface area contributed by atoms with Gasteiger partial charge in [0.25, 0.3) is 0 Å². The van der Waals surface area contributed by atoms with Crippen molar-refractivity contribution in [3.05, 3.63) is 66.9 Å². The summed E-state index contributed by atoms with van der Waals surface area (Å²) in [5.41, 5.74) is 0.311. The Bertz CT molecular complexity index is 1830. The van der Waals surface area contributed by atoms with Crippen LogP contribution in [0.3, 0.4) is 0 Å². The van der Waals surface area contributed by atoms with Crippen molar-refractivity contribution in [2.24, 2.45) is 0 Å². The van der Waals surface area contributed by atoms with Crippen molar-refractivity contribution in [2.45, 2.75) is 51.3 Å². The second-order valence-electron chi connectivity index (χ2n) is 11.4. The first-order chi connectivity index (χ1) is 20.9. The van der Waals surface area contributed by atoms with E-state index in [-0.39, 0.29) is 30.9 Å². The van der Waals surface area contributed by atoms with E-state index in [2.05, 4.69) is 26.5 Å². The number of benzene rings is 1. The number of nitriles is 1. The quantitative estimate of drug-likeness (QED) is 0.293. The predicted molar refractivity (Wildman–Crippen MR) is 158 cm³/mol. The summed E-state index contributed by atoms with van der Waals surface area (Å²) in [7, 11) is -3.39. The normalized spacial score (nSPS) is 15.6. The number of fused-ring (bicyclic) bond motifs is 1. The van der Waals surface area contributed by atoms with Crippen molar-refractivity contribution in [1.82, 2.24) is 34.1 Å². The van der Waals surface area contributed by atoms with Crippen LogP contribution in [-0.4, -0.2) is 73.7 Å². The van der Waals surface area contributed by atoms with Crippen LogP contribution in [0.15, 0.2) is 61.3 Å². The number of carbonyl (C=O) groups is 2. The molecule has 1 fully saturated rings. The number of amides is 1. The molecule has 0 spiro atoms. The molecule has 1 aromatic carbocycles. The van der Waals surface area contributed by atoms with E-state index in [9.17, 15) is 23.3 Å². The zero-order chi connectivity index (χ0) is 31.7. The van der Waals surface area contributed by atoms with E-state index in [1.54, 1.807) is 81.2 Å². The highest BCUT2D eigenvalue weighted by molar-refractivity contribution is 7.89. The molecular formula is C29H32N8O6S. The molecule has 5 rings (SSSR count). The molecule has 1 unspecified atom stereocenters. The largest absolute Gasteiger partial charge is 0.444 e. The van der Waals surface area contributed by atoms with Crippen LogP contribution < -0.4 is 10.2 Å². The summed E-state index contributed by atoms with van der Waals surface area (Å²) in [6.45, 7) is 7.02. The van der Waals surface area contributed by atoms with Crippen LogP contribution in [0.1, 0.15) is 45.7 Å². The lowest BCUT2D eigenvalue weighted by Gasteiger charge is -2.47. The molecule has 4 heterocycles. The lowest BCUT2D eigenvalue weighted by Crippen LogP contribution is -2.64. The molecule has 1 aliphatic rings. The summed E-state index contributed by atoms with van der Waals surface area (Å²) in [4.78, 5) is 40.4. The average molecular weight is 621 g/mol. The zero-order valence-corrected chi connectivity index (χ0v) is 25.5. The van der Waals surface area contributed by atoms with Gasteiger partial charge in [-0.25, -0.2) is 28.0 Å². The summed E-state index contributed by atoms with van der Waals surface area (Å²) in [5, 5.41) is 17.1. The van der Waals surface area contributed by atoms with E-state index in [1.807, 2.05) is 0 Å². The summed E-state index contributed by atoms with van der Waals surface area (Å²) in [6.07, 6.45) is 5.42. The molecule has 1 atom stereocenters. The van der Waals surface area contributed by atoms with E-state index < -0.39 is 39.3 Å². The minimum absolute atomic E-state index is 0.0242. The SMILES string of the molecule is CCS(=O)(=O)N1CC(CC#N)(n2cc(-c3ncnc4c3ccn4OC(=O)C(NC(=O)OC(C)(C)C)c3ccccc3)cn2)C1. The molecule has 1 amide bonds. The molecule has 1 aliphatic heterocycles. The van der Waals surface area contributed by atoms with Crippen molar-refractivity contribution in [3.8, 4) is 17.3 Å². The van der Waals surface area contributed by atoms with Gasteiger partial charge in [0.1, 0.15) is 17.5 Å². The van der Waals surface area contributed by atoms with E-state index in [4.69, 9.17) is 9.57 Å². The van der Waals surface area contributed by atoms with Gasteiger partial charge in [-0.3, -0.25) is 4.68 Å². The lowest BCUT2D eigenvalue weighted by atomic mass is 9.89. The molecule has 0 saturated carbocycles. The van der Waals surface area contributed by atoms with Crippen LogP contribution in [0.2, 0.25) is 0 Å². The van der Waals surface area contributed by atoms with Gasteiger partial charge in [-0.15, -0.1) is 0 Å². The Balaban J connectivity index is 1.40. The molecule has 230 valence electrons. The van der Waals surface area contributed by atoms with Gasteiger partial charge in [-0.05, 0) is 39.3 Å². The first kappa shape index (κ1) is 30.6. The Labute approximate surface area is 254 Å². The van der Waals surface area contributed by atoms with Gasteiger partial charge in [0.05, 0.1) is 30.1 Å². The average Bonchev–Trinajstić information content (AvgIpc) is 3.61. The minimum atomic E-state index is -3.39. The molecule has 1 N–H and O–H groups in total. The van der Waals surface area contributed by atoms with Gasteiger partial charge < -0.3 is 14.9 Å². The van der Waals surface area contributed by atoms with Gasteiger partial charge in [-0.1, -0.05) is 30.3 Å². The molecule has 44 heavy (non-hydrogen) atoms. The number of sulfonamides is 1. The Hall–Kier alpha value is -4.81. The van der Waals surface area contributed by atoms with Crippen molar-refractivity contribution >= 4 is 33.1 Å². The first-order valence-electron chi connectivity index (χ1n) is 13.8. The number of nitrogens with zero attached hydrogens (tertiary/aromatic N) is 7. The van der Waals surface area contributed by atoms with Crippen LogP contribution in [0.4, 0.5) is 4.79 Å².